The molecule has 1 aromatic carbocycles. The van der Waals surface area contributed by atoms with E-state index < -0.39 is 0 Å². The van der Waals surface area contributed by atoms with Crippen LogP contribution in [0.5, 0.6) is 0 Å². The van der Waals surface area contributed by atoms with E-state index in [1.54, 1.807) is 31.2 Å². The number of hydrogen-bond acceptors (Lipinski definition) is 6. The molecular weight excluding hydrogens is 320 g/mol. The molecule has 0 spiro atoms. The van der Waals surface area contributed by atoms with Crippen LogP contribution in [-0.2, 0) is 4.74 Å². The van der Waals surface area contributed by atoms with E-state index in [4.69, 9.17) is 4.74 Å². The molecule has 2 N–H and O–H groups in total. The minimum atomic E-state index is -0.356. The fraction of sp³-hybridized carbons (Fsp3) is 0.333. The summed E-state index contributed by atoms with van der Waals surface area (Å²) in [6.45, 7) is 6.03. The number of hydrogen-bond donors (Lipinski definition) is 2. The van der Waals surface area contributed by atoms with Crippen LogP contribution < -0.4 is 10.6 Å². The summed E-state index contributed by atoms with van der Waals surface area (Å²) in [6.07, 6.45) is 3.76. The van der Waals surface area contributed by atoms with Crippen molar-refractivity contribution in [3.05, 3.63) is 47.9 Å². The monoisotopic (exact) mass is 342 g/mol. The van der Waals surface area contributed by atoms with Gasteiger partial charge < -0.3 is 15.4 Å². The molecule has 7 nitrogen and oxygen atoms in total. The van der Waals surface area contributed by atoms with Crippen molar-refractivity contribution >= 4 is 23.4 Å². The quantitative estimate of drug-likeness (QED) is 0.752. The molecule has 7 heteroatoms. The SMILES string of the molecule is CCOC(=O)c1ccc(Nc2cnc(C(=O)NC(C)CC)cn2)cc1. The van der Waals surface area contributed by atoms with Crippen LogP contribution in [0.3, 0.4) is 0 Å². The van der Waals surface area contributed by atoms with Crippen LogP contribution in [0.15, 0.2) is 36.7 Å². The molecule has 1 atom stereocenters. The van der Waals surface area contributed by atoms with Gasteiger partial charge in [0.25, 0.3) is 5.91 Å². The van der Waals surface area contributed by atoms with Crippen LogP contribution in [-0.4, -0.2) is 34.5 Å². The largest absolute Gasteiger partial charge is 0.462 e. The molecule has 0 aliphatic carbocycles. The minimum Gasteiger partial charge on any atom is -0.462 e. The molecule has 1 heterocycles. The molecule has 25 heavy (non-hydrogen) atoms. The van der Waals surface area contributed by atoms with Crippen LogP contribution in [0.2, 0.25) is 0 Å². The lowest BCUT2D eigenvalue weighted by molar-refractivity contribution is 0.0526. The highest BCUT2D eigenvalue weighted by molar-refractivity contribution is 5.92. The fourth-order valence-electron chi connectivity index (χ4n) is 1.96. The number of amides is 1. The third-order valence-corrected chi connectivity index (χ3v) is 3.54. The van der Waals surface area contributed by atoms with Gasteiger partial charge in [0.15, 0.2) is 0 Å². The smallest absolute Gasteiger partial charge is 0.338 e. The van der Waals surface area contributed by atoms with E-state index in [0.717, 1.165) is 12.1 Å². The summed E-state index contributed by atoms with van der Waals surface area (Å²) in [5.41, 5.74) is 1.50. The maximum absolute atomic E-state index is 12.0. The van der Waals surface area contributed by atoms with E-state index in [-0.39, 0.29) is 23.6 Å². The molecule has 2 aromatic rings. The van der Waals surface area contributed by atoms with Gasteiger partial charge in [0.1, 0.15) is 11.5 Å². The Balaban J connectivity index is 1.99. The third-order valence-electron chi connectivity index (χ3n) is 3.54. The zero-order chi connectivity index (χ0) is 18.2. The van der Waals surface area contributed by atoms with E-state index in [9.17, 15) is 9.59 Å². The molecular formula is C18H22N4O3. The van der Waals surface area contributed by atoms with Gasteiger partial charge in [-0.15, -0.1) is 0 Å². The third kappa shape index (κ3) is 5.27. The lowest BCUT2D eigenvalue weighted by Gasteiger charge is -2.11. The number of rotatable bonds is 7. The van der Waals surface area contributed by atoms with Crippen LogP contribution >= 0.6 is 0 Å². The van der Waals surface area contributed by atoms with E-state index in [0.29, 0.717) is 18.0 Å². The number of anilines is 2. The Kier molecular flexibility index (Phi) is 6.45. The van der Waals surface area contributed by atoms with E-state index in [1.165, 1.54) is 12.4 Å². The van der Waals surface area contributed by atoms with Gasteiger partial charge in [0.05, 0.1) is 24.6 Å². The van der Waals surface area contributed by atoms with Gasteiger partial charge in [0.2, 0.25) is 0 Å². The summed E-state index contributed by atoms with van der Waals surface area (Å²) in [7, 11) is 0. The van der Waals surface area contributed by atoms with Crippen LogP contribution in [0.1, 0.15) is 48.0 Å². The first kappa shape index (κ1) is 18.4. The topological polar surface area (TPSA) is 93.2 Å². The van der Waals surface area contributed by atoms with Gasteiger partial charge in [-0.05, 0) is 44.5 Å². The molecule has 0 aliphatic rings. The number of carbonyl (C=O) groups excluding carboxylic acids is 2. The molecule has 0 bridgehead atoms. The normalized spacial score (nSPS) is 11.5. The second-order valence-electron chi connectivity index (χ2n) is 5.49. The van der Waals surface area contributed by atoms with E-state index >= 15 is 0 Å². The molecule has 132 valence electrons. The molecule has 0 aliphatic heterocycles. The highest BCUT2D eigenvalue weighted by atomic mass is 16.5. The highest BCUT2D eigenvalue weighted by Gasteiger charge is 2.11. The summed E-state index contributed by atoms with van der Waals surface area (Å²) in [4.78, 5) is 31.9. The van der Waals surface area contributed by atoms with E-state index in [1.807, 2.05) is 13.8 Å². The molecule has 2 rings (SSSR count). The Morgan fingerprint density at radius 1 is 1.12 bits per heavy atom. The Morgan fingerprint density at radius 3 is 2.40 bits per heavy atom. The Bertz CT molecular complexity index is 714. The maximum Gasteiger partial charge on any atom is 0.338 e. The van der Waals surface area contributed by atoms with Crippen LogP contribution in [0.4, 0.5) is 11.5 Å². The van der Waals surface area contributed by atoms with Gasteiger partial charge in [-0.1, -0.05) is 6.92 Å². The number of carbonyl (C=O) groups is 2. The number of nitrogens with one attached hydrogen (secondary N) is 2. The molecule has 1 unspecified atom stereocenters. The molecule has 1 amide bonds. The van der Waals surface area contributed by atoms with Crippen molar-refractivity contribution in [1.29, 1.82) is 0 Å². The average Bonchev–Trinajstić information content (AvgIpc) is 2.63. The van der Waals surface area contributed by atoms with Gasteiger partial charge in [-0.2, -0.15) is 0 Å². The maximum atomic E-state index is 12.0. The summed E-state index contributed by atoms with van der Waals surface area (Å²) in [5, 5.41) is 5.90. The second kappa shape index (κ2) is 8.77. The van der Waals surface area contributed by atoms with Crippen molar-refractivity contribution in [3.8, 4) is 0 Å². The van der Waals surface area contributed by atoms with Crippen molar-refractivity contribution in [2.24, 2.45) is 0 Å². The molecule has 0 saturated heterocycles. The fourth-order valence-corrected chi connectivity index (χ4v) is 1.96. The standard InChI is InChI=1S/C18H22N4O3/c1-4-12(3)21-17(23)15-10-20-16(11-19-15)22-14-8-6-13(7-9-14)18(24)25-5-2/h6-12H,4-5H2,1-3H3,(H,20,22)(H,21,23). The first-order chi connectivity index (χ1) is 12.0. The van der Waals surface area contributed by atoms with Crippen molar-refractivity contribution in [2.45, 2.75) is 33.2 Å². The lowest BCUT2D eigenvalue weighted by atomic mass is 10.2. The Hall–Kier alpha value is -2.96. The van der Waals surface area contributed by atoms with Crippen molar-refractivity contribution in [2.75, 3.05) is 11.9 Å². The number of nitrogens with zero attached hydrogens (tertiary/aromatic N) is 2. The summed E-state index contributed by atoms with van der Waals surface area (Å²) in [6, 6.07) is 6.92. The second-order valence-corrected chi connectivity index (χ2v) is 5.49. The summed E-state index contributed by atoms with van der Waals surface area (Å²) >= 11 is 0. The Labute approximate surface area is 146 Å². The predicted molar refractivity (Wildman–Crippen MR) is 94.9 cm³/mol. The first-order valence-corrected chi connectivity index (χ1v) is 8.20. The van der Waals surface area contributed by atoms with E-state index in [2.05, 4.69) is 20.6 Å². The molecule has 0 radical (unpaired) electrons. The van der Waals surface area contributed by atoms with Crippen molar-refractivity contribution in [3.63, 3.8) is 0 Å². The Morgan fingerprint density at radius 2 is 1.84 bits per heavy atom. The van der Waals surface area contributed by atoms with Gasteiger partial charge in [0, 0.05) is 11.7 Å². The van der Waals surface area contributed by atoms with Gasteiger partial charge >= 0.3 is 5.97 Å². The summed E-state index contributed by atoms with van der Waals surface area (Å²) < 4.78 is 4.94. The van der Waals surface area contributed by atoms with Crippen LogP contribution in [0, 0.1) is 0 Å². The molecule has 1 aromatic heterocycles. The lowest BCUT2D eigenvalue weighted by Crippen LogP contribution is -2.32. The average molecular weight is 342 g/mol. The highest BCUT2D eigenvalue weighted by Crippen LogP contribution is 2.15. The van der Waals surface area contributed by atoms with Crippen molar-refractivity contribution < 1.29 is 14.3 Å². The van der Waals surface area contributed by atoms with Crippen molar-refractivity contribution in [1.82, 2.24) is 15.3 Å². The van der Waals surface area contributed by atoms with Crippen LogP contribution in [0.25, 0.3) is 0 Å². The molecule has 0 saturated carbocycles. The first-order valence-electron chi connectivity index (χ1n) is 8.20. The number of benzene rings is 1. The number of ether oxygens (including phenoxy) is 1. The summed E-state index contributed by atoms with van der Waals surface area (Å²) in [5.74, 6) is -0.0957. The predicted octanol–water partition coefficient (Wildman–Crippen LogP) is 2.93. The number of esters is 1. The zero-order valence-electron chi connectivity index (χ0n) is 14.6. The number of aromatic nitrogens is 2. The molecule has 0 fully saturated rings. The van der Waals surface area contributed by atoms with Gasteiger partial charge in [-0.25, -0.2) is 14.8 Å². The zero-order valence-corrected chi connectivity index (χ0v) is 14.6. The minimum absolute atomic E-state index is 0.0880. The van der Waals surface area contributed by atoms with Gasteiger partial charge in [-0.3, -0.25) is 4.79 Å².